The van der Waals surface area contributed by atoms with Crippen LogP contribution in [0.4, 0.5) is 0 Å². The van der Waals surface area contributed by atoms with Gasteiger partial charge in [-0.2, -0.15) is 0 Å². The molecule has 25 heavy (non-hydrogen) atoms. The molecular formula is C18H18N2O4S. The Labute approximate surface area is 146 Å². The molecule has 0 N–H and O–H groups in total. The van der Waals surface area contributed by atoms with Crippen LogP contribution >= 0.6 is 0 Å². The standard InChI is InChI=1S/C18H18N2O4S/c1-13-7-3-4-8-14(13)11-19(2)17(21)12-20-18(22)15-9-5-6-10-16(15)25(20,23)24/h3-10H,11-12H2,1-2H3. The maximum atomic E-state index is 12.5. The van der Waals surface area contributed by atoms with E-state index in [-0.39, 0.29) is 10.5 Å². The highest BCUT2D eigenvalue weighted by atomic mass is 32.2. The van der Waals surface area contributed by atoms with Gasteiger partial charge in [0.2, 0.25) is 5.91 Å². The van der Waals surface area contributed by atoms with Crippen LogP contribution in [0.15, 0.2) is 53.4 Å². The molecule has 130 valence electrons. The smallest absolute Gasteiger partial charge is 0.269 e. The van der Waals surface area contributed by atoms with Gasteiger partial charge >= 0.3 is 0 Å². The van der Waals surface area contributed by atoms with Gasteiger partial charge in [-0.3, -0.25) is 9.59 Å². The first-order chi connectivity index (χ1) is 11.8. The lowest BCUT2D eigenvalue weighted by Gasteiger charge is -2.21. The summed E-state index contributed by atoms with van der Waals surface area (Å²) in [6, 6.07) is 13.6. The predicted molar refractivity (Wildman–Crippen MR) is 92.3 cm³/mol. The zero-order chi connectivity index (χ0) is 18.2. The molecule has 2 amide bonds. The Morgan fingerprint density at radius 2 is 1.72 bits per heavy atom. The Hall–Kier alpha value is -2.67. The zero-order valence-electron chi connectivity index (χ0n) is 14.0. The monoisotopic (exact) mass is 358 g/mol. The molecule has 0 saturated carbocycles. The van der Waals surface area contributed by atoms with Crippen molar-refractivity contribution in [2.75, 3.05) is 13.6 Å². The molecule has 0 bridgehead atoms. The zero-order valence-corrected chi connectivity index (χ0v) is 14.8. The maximum Gasteiger partial charge on any atom is 0.269 e. The minimum Gasteiger partial charge on any atom is -0.340 e. The molecule has 2 aromatic rings. The lowest BCUT2D eigenvalue weighted by atomic mass is 10.1. The van der Waals surface area contributed by atoms with E-state index in [4.69, 9.17) is 0 Å². The third-order valence-corrected chi connectivity index (χ3v) is 6.07. The highest BCUT2D eigenvalue weighted by Gasteiger charge is 2.42. The molecule has 2 aromatic carbocycles. The fourth-order valence-corrected chi connectivity index (χ4v) is 4.28. The van der Waals surface area contributed by atoms with Crippen LogP contribution in [0, 0.1) is 6.92 Å². The van der Waals surface area contributed by atoms with Crippen LogP contribution in [0.5, 0.6) is 0 Å². The summed E-state index contributed by atoms with van der Waals surface area (Å²) in [6.45, 7) is 1.79. The number of sulfonamides is 1. The fourth-order valence-electron chi connectivity index (χ4n) is 2.76. The summed E-state index contributed by atoms with van der Waals surface area (Å²) in [6.07, 6.45) is 0. The first kappa shape index (κ1) is 17.2. The lowest BCUT2D eigenvalue weighted by Crippen LogP contribution is -2.41. The van der Waals surface area contributed by atoms with Crippen molar-refractivity contribution in [3.63, 3.8) is 0 Å². The number of hydrogen-bond donors (Lipinski definition) is 0. The number of hydrogen-bond acceptors (Lipinski definition) is 4. The Morgan fingerprint density at radius 1 is 1.08 bits per heavy atom. The number of aryl methyl sites for hydroxylation is 1. The molecule has 0 aromatic heterocycles. The predicted octanol–water partition coefficient (Wildman–Crippen LogP) is 1.80. The van der Waals surface area contributed by atoms with Crippen LogP contribution in [0.1, 0.15) is 21.5 Å². The number of fused-ring (bicyclic) bond motifs is 1. The first-order valence-electron chi connectivity index (χ1n) is 7.77. The molecule has 0 spiro atoms. The summed E-state index contributed by atoms with van der Waals surface area (Å²) < 4.78 is 25.6. The minimum absolute atomic E-state index is 0.0469. The molecule has 1 heterocycles. The van der Waals surface area contributed by atoms with E-state index < -0.39 is 28.4 Å². The molecule has 7 heteroatoms. The fraction of sp³-hybridized carbons (Fsp3) is 0.222. The Balaban J connectivity index is 1.78. The lowest BCUT2D eigenvalue weighted by molar-refractivity contribution is -0.130. The van der Waals surface area contributed by atoms with Gasteiger partial charge in [0.1, 0.15) is 11.4 Å². The molecule has 0 saturated heterocycles. The second-order valence-electron chi connectivity index (χ2n) is 5.99. The molecular weight excluding hydrogens is 340 g/mol. The molecule has 6 nitrogen and oxygen atoms in total. The van der Waals surface area contributed by atoms with Crippen LogP contribution in [0.2, 0.25) is 0 Å². The van der Waals surface area contributed by atoms with E-state index in [1.807, 2.05) is 31.2 Å². The number of carbonyl (C=O) groups excluding carboxylic acids is 2. The number of rotatable bonds is 4. The number of likely N-dealkylation sites (N-methyl/N-ethyl adjacent to an activating group) is 1. The van der Waals surface area contributed by atoms with Gasteiger partial charge in [-0.25, -0.2) is 12.7 Å². The Kier molecular flexibility index (Phi) is 4.34. The van der Waals surface area contributed by atoms with Gasteiger partial charge in [0.05, 0.1) is 5.56 Å². The number of nitrogens with zero attached hydrogens (tertiary/aromatic N) is 2. The summed E-state index contributed by atoms with van der Waals surface area (Å²) in [4.78, 5) is 26.2. The van der Waals surface area contributed by atoms with Gasteiger partial charge in [-0.05, 0) is 30.2 Å². The molecule has 0 unspecified atom stereocenters. The average Bonchev–Trinajstić information content (AvgIpc) is 2.78. The second kappa shape index (κ2) is 6.33. The summed E-state index contributed by atoms with van der Waals surface area (Å²) in [5.41, 5.74) is 2.12. The van der Waals surface area contributed by atoms with E-state index in [2.05, 4.69) is 0 Å². The van der Waals surface area contributed by atoms with Crippen molar-refractivity contribution >= 4 is 21.8 Å². The van der Waals surface area contributed by atoms with Crippen LogP contribution in [-0.2, 0) is 21.4 Å². The van der Waals surface area contributed by atoms with Crippen LogP contribution in [-0.4, -0.2) is 43.0 Å². The first-order valence-corrected chi connectivity index (χ1v) is 9.21. The largest absolute Gasteiger partial charge is 0.340 e. The average molecular weight is 358 g/mol. The van der Waals surface area contributed by atoms with Crippen molar-refractivity contribution < 1.29 is 18.0 Å². The van der Waals surface area contributed by atoms with Crippen molar-refractivity contribution in [3.05, 3.63) is 65.2 Å². The summed E-state index contributed by atoms with van der Waals surface area (Å²) >= 11 is 0. The summed E-state index contributed by atoms with van der Waals surface area (Å²) in [5.74, 6) is -1.10. The van der Waals surface area contributed by atoms with Gasteiger partial charge in [0.25, 0.3) is 15.9 Å². The van der Waals surface area contributed by atoms with Crippen molar-refractivity contribution in [2.45, 2.75) is 18.4 Å². The Bertz CT molecular complexity index is 953. The quantitative estimate of drug-likeness (QED) is 0.835. The number of carbonyl (C=O) groups is 2. The van der Waals surface area contributed by atoms with Crippen molar-refractivity contribution in [2.24, 2.45) is 0 Å². The molecule has 0 atom stereocenters. The topological polar surface area (TPSA) is 74.8 Å². The second-order valence-corrected chi connectivity index (χ2v) is 7.82. The SMILES string of the molecule is Cc1ccccc1CN(C)C(=O)CN1C(=O)c2ccccc2S1(=O)=O. The third-order valence-electron chi connectivity index (χ3n) is 4.29. The summed E-state index contributed by atoms with van der Waals surface area (Å²) in [7, 11) is -2.38. The third kappa shape index (κ3) is 3.02. The highest BCUT2D eigenvalue weighted by molar-refractivity contribution is 7.90. The van der Waals surface area contributed by atoms with E-state index in [9.17, 15) is 18.0 Å². The number of benzene rings is 2. The van der Waals surface area contributed by atoms with Gasteiger partial charge in [-0.15, -0.1) is 0 Å². The van der Waals surface area contributed by atoms with Gasteiger partial charge < -0.3 is 4.90 Å². The molecule has 0 radical (unpaired) electrons. The van der Waals surface area contributed by atoms with E-state index in [1.54, 1.807) is 19.2 Å². The van der Waals surface area contributed by atoms with Crippen LogP contribution in [0.25, 0.3) is 0 Å². The maximum absolute atomic E-state index is 12.5. The van der Waals surface area contributed by atoms with Gasteiger partial charge in [0, 0.05) is 13.6 Å². The van der Waals surface area contributed by atoms with E-state index in [0.717, 1.165) is 11.1 Å². The molecule has 0 fully saturated rings. The van der Waals surface area contributed by atoms with E-state index in [0.29, 0.717) is 10.8 Å². The van der Waals surface area contributed by atoms with Crippen LogP contribution < -0.4 is 0 Å². The van der Waals surface area contributed by atoms with E-state index >= 15 is 0 Å². The minimum atomic E-state index is -3.97. The van der Waals surface area contributed by atoms with Crippen molar-refractivity contribution in [1.82, 2.24) is 9.21 Å². The Morgan fingerprint density at radius 3 is 2.40 bits per heavy atom. The molecule has 3 rings (SSSR count). The number of amides is 2. The van der Waals surface area contributed by atoms with Gasteiger partial charge in [0.15, 0.2) is 0 Å². The summed E-state index contributed by atoms with van der Waals surface area (Å²) in [5, 5.41) is 0. The van der Waals surface area contributed by atoms with E-state index in [1.165, 1.54) is 17.0 Å². The van der Waals surface area contributed by atoms with Crippen molar-refractivity contribution in [1.29, 1.82) is 0 Å². The molecule has 1 aliphatic heterocycles. The normalized spacial score (nSPS) is 15.1. The highest BCUT2D eigenvalue weighted by Crippen LogP contribution is 2.29. The molecule has 0 aliphatic carbocycles. The van der Waals surface area contributed by atoms with Crippen molar-refractivity contribution in [3.8, 4) is 0 Å². The molecule has 1 aliphatic rings. The van der Waals surface area contributed by atoms with Crippen LogP contribution in [0.3, 0.4) is 0 Å². The van der Waals surface area contributed by atoms with Gasteiger partial charge in [-0.1, -0.05) is 36.4 Å².